The zero-order valence-electron chi connectivity index (χ0n) is 37.3. The maximum Gasteiger partial charge on any atom is 0.300 e. The summed E-state index contributed by atoms with van der Waals surface area (Å²) in [6.45, 7) is 28.6. The van der Waals surface area contributed by atoms with Crippen molar-refractivity contribution in [2.24, 2.45) is 0 Å². The van der Waals surface area contributed by atoms with Crippen molar-refractivity contribution in [1.29, 1.82) is 0 Å². The molecule has 0 fully saturated rings. The maximum atomic E-state index is 10.0. The van der Waals surface area contributed by atoms with Crippen molar-refractivity contribution in [3.05, 3.63) is 0 Å². The smallest absolute Gasteiger partial charge is 0.300 e. The van der Waals surface area contributed by atoms with E-state index in [1.807, 2.05) is 48.5 Å². The summed E-state index contributed by atoms with van der Waals surface area (Å²) in [5, 5.41) is 22.2. The molecule has 13 heteroatoms. The Bertz CT molecular complexity index is 724. The lowest BCUT2D eigenvalue weighted by Crippen LogP contribution is -1.84. The molecule has 0 spiro atoms. The molecule has 0 aromatic rings. The first-order chi connectivity index (χ1) is 24.6. The van der Waals surface area contributed by atoms with Crippen LogP contribution in [0.1, 0.15) is 208 Å². The fourth-order valence-electron chi connectivity index (χ4n) is 2.46. The van der Waals surface area contributed by atoms with E-state index in [4.69, 9.17) is 29.7 Å². The maximum absolute atomic E-state index is 10.0. The van der Waals surface area contributed by atoms with Crippen molar-refractivity contribution in [1.82, 2.24) is 0 Å². The van der Waals surface area contributed by atoms with Crippen molar-refractivity contribution < 1.29 is 63.3 Å². The molecule has 0 amide bonds. The number of carboxylic acid groups (broad SMARTS) is 3. The van der Waals surface area contributed by atoms with Crippen LogP contribution < -0.4 is 0 Å². The third kappa shape index (κ3) is 365. The van der Waals surface area contributed by atoms with Gasteiger partial charge in [-0.05, 0) is 93.4 Å². The van der Waals surface area contributed by atoms with E-state index in [1.54, 1.807) is 48.5 Å². The highest BCUT2D eigenvalue weighted by Crippen LogP contribution is 1.87. The molecule has 0 radical (unpaired) electrons. The molecule has 0 rings (SSSR count). The summed E-state index contributed by atoms with van der Waals surface area (Å²) >= 11 is 0. The fourth-order valence-corrected chi connectivity index (χ4v) is 2.46. The van der Waals surface area contributed by atoms with Gasteiger partial charge in [-0.1, -0.05) is 48.5 Å². The van der Waals surface area contributed by atoms with Crippen LogP contribution in [0.3, 0.4) is 0 Å². The first-order valence-corrected chi connectivity index (χ1v) is 18.6. The topological polar surface area (TPSA) is 231 Å². The molecule has 0 aliphatic heterocycles. The van der Waals surface area contributed by atoms with Crippen molar-refractivity contribution in [2.75, 3.05) is 0 Å². The highest BCUT2D eigenvalue weighted by atomic mass is 16.4. The van der Waals surface area contributed by atoms with E-state index in [1.165, 1.54) is 0 Å². The summed E-state index contributed by atoms with van der Waals surface area (Å²) in [6.07, 6.45) is 12.0. The van der Waals surface area contributed by atoms with E-state index in [0.717, 1.165) is 111 Å². The number of Topliss-reactive ketones (excluding diaryl/α,β-unsaturated/α-hetero) is 7. The number of carbonyl (C=O) groups is 10. The second kappa shape index (κ2) is 70.6. The normalized spacial score (nSPS) is 7.87. The molecule has 3 N–H and O–H groups in total. The number of carbonyl (C=O) groups excluding carboxylic acids is 7. The van der Waals surface area contributed by atoms with Gasteiger partial charge in [0, 0.05) is 65.7 Å². The Labute approximate surface area is 328 Å². The molecule has 0 unspecified atom stereocenters. The lowest BCUT2D eigenvalue weighted by Gasteiger charge is -1.80. The third-order valence-electron chi connectivity index (χ3n) is 4.21. The van der Waals surface area contributed by atoms with Crippen LogP contribution in [0.2, 0.25) is 0 Å². The van der Waals surface area contributed by atoms with Crippen LogP contribution in [0.4, 0.5) is 0 Å². The van der Waals surface area contributed by atoms with Gasteiger partial charge in [-0.2, -0.15) is 0 Å². The van der Waals surface area contributed by atoms with E-state index < -0.39 is 17.9 Å². The second-order valence-corrected chi connectivity index (χ2v) is 11.7. The quantitative estimate of drug-likeness (QED) is 0.149. The van der Waals surface area contributed by atoms with Crippen LogP contribution in [0.25, 0.3) is 0 Å². The minimum absolute atomic E-state index is 0.289. The van der Waals surface area contributed by atoms with E-state index >= 15 is 0 Å². The number of hydrogen-bond acceptors (Lipinski definition) is 10. The highest BCUT2D eigenvalue weighted by molar-refractivity contribution is 5.77. The largest absolute Gasteiger partial charge is 0.481 e. The van der Waals surface area contributed by atoms with E-state index in [-0.39, 0.29) is 40.5 Å². The molecule has 0 aliphatic carbocycles. The van der Waals surface area contributed by atoms with Crippen molar-refractivity contribution in [3.63, 3.8) is 0 Å². The minimum atomic E-state index is -0.833. The average molecular weight is 783 g/mol. The standard InChI is InChI=1S/7C5H10O.3C2H4O2/c7*1-3-4-5(2)6;3*1-2(3)4/h7*3-4H2,1-2H3;3*1H3,(H,3,4). The fraction of sp³-hybridized carbons (Fsp3) is 0.756. The number of carboxylic acids is 3. The zero-order chi connectivity index (χ0) is 45.7. The molecule has 0 saturated heterocycles. The van der Waals surface area contributed by atoms with Gasteiger partial charge in [0.2, 0.25) is 0 Å². The van der Waals surface area contributed by atoms with Gasteiger partial charge in [0.15, 0.2) is 0 Å². The molecular weight excluding hydrogens is 700 g/mol. The summed E-state index contributed by atoms with van der Waals surface area (Å²) in [7, 11) is 0. The predicted octanol–water partition coefficient (Wildman–Crippen LogP) is 9.90. The minimum Gasteiger partial charge on any atom is -0.481 e. The number of ketones is 7. The molecule has 13 nitrogen and oxygen atoms in total. The molecule has 0 atom stereocenters. The van der Waals surface area contributed by atoms with Gasteiger partial charge in [0.25, 0.3) is 17.9 Å². The van der Waals surface area contributed by atoms with Gasteiger partial charge < -0.3 is 48.9 Å². The molecule has 0 aromatic heterocycles. The van der Waals surface area contributed by atoms with Gasteiger partial charge in [-0.25, -0.2) is 0 Å². The Morgan fingerprint density at radius 2 is 0.296 bits per heavy atom. The van der Waals surface area contributed by atoms with Gasteiger partial charge >= 0.3 is 0 Å². The Morgan fingerprint density at radius 3 is 0.296 bits per heavy atom. The number of hydrogen-bond donors (Lipinski definition) is 3. The Kier molecular flexibility index (Phi) is 98.3. The molecule has 0 aromatic carbocycles. The van der Waals surface area contributed by atoms with E-state index in [9.17, 15) is 33.6 Å². The highest BCUT2D eigenvalue weighted by Gasteiger charge is 1.87. The first-order valence-electron chi connectivity index (χ1n) is 18.6. The molecule has 0 heterocycles. The predicted molar refractivity (Wildman–Crippen MR) is 219 cm³/mol. The number of aliphatic carboxylic acids is 3. The van der Waals surface area contributed by atoms with Gasteiger partial charge in [0.1, 0.15) is 40.5 Å². The molecule has 0 saturated carbocycles. The van der Waals surface area contributed by atoms with Crippen LogP contribution >= 0.6 is 0 Å². The SMILES string of the molecule is CC(=O)O.CC(=O)O.CC(=O)O.CCCC(C)=O.CCCC(C)=O.CCCC(C)=O.CCCC(C)=O.CCCC(C)=O.CCCC(C)=O.CCCC(C)=O. The summed E-state index contributed by atoms with van der Waals surface area (Å²) in [4.78, 5) is 97.3. The lowest BCUT2D eigenvalue weighted by atomic mass is 10.3. The summed E-state index contributed by atoms with van der Waals surface area (Å²) in [5.74, 6) is -0.475. The van der Waals surface area contributed by atoms with Crippen molar-refractivity contribution in [2.45, 2.75) is 208 Å². The van der Waals surface area contributed by atoms with E-state index in [2.05, 4.69) is 0 Å². The first kappa shape index (κ1) is 75.1. The Balaban J connectivity index is -0.0000000500. The second-order valence-electron chi connectivity index (χ2n) is 11.7. The molecule has 54 heavy (non-hydrogen) atoms. The molecule has 0 bridgehead atoms. The van der Waals surface area contributed by atoms with Crippen molar-refractivity contribution >= 4 is 58.4 Å². The summed E-state index contributed by atoms with van der Waals surface area (Å²) < 4.78 is 0. The Hall–Kier alpha value is -3.90. The monoisotopic (exact) mass is 783 g/mol. The van der Waals surface area contributed by atoms with Crippen LogP contribution in [-0.2, 0) is 47.9 Å². The van der Waals surface area contributed by atoms with Crippen molar-refractivity contribution in [3.8, 4) is 0 Å². The summed E-state index contributed by atoms with van der Waals surface area (Å²) in [6, 6.07) is 0. The van der Waals surface area contributed by atoms with Gasteiger partial charge in [-0.3, -0.25) is 14.4 Å². The number of rotatable bonds is 14. The van der Waals surface area contributed by atoms with Gasteiger partial charge in [0.05, 0.1) is 0 Å². The van der Waals surface area contributed by atoms with Crippen LogP contribution in [-0.4, -0.2) is 73.7 Å². The Morgan fingerprint density at radius 1 is 0.241 bits per heavy atom. The molecular formula is C41H82O13. The lowest BCUT2D eigenvalue weighted by molar-refractivity contribution is -0.135. The molecule has 324 valence electrons. The van der Waals surface area contributed by atoms with Crippen LogP contribution in [0.15, 0.2) is 0 Å². The van der Waals surface area contributed by atoms with Crippen LogP contribution in [0, 0.1) is 0 Å². The van der Waals surface area contributed by atoms with E-state index in [0.29, 0.717) is 0 Å². The molecule has 0 aliphatic rings. The third-order valence-corrected chi connectivity index (χ3v) is 4.21. The zero-order valence-corrected chi connectivity index (χ0v) is 37.3. The van der Waals surface area contributed by atoms with Gasteiger partial charge in [-0.15, -0.1) is 0 Å². The average Bonchev–Trinajstić information content (AvgIpc) is 2.94. The summed E-state index contributed by atoms with van der Waals surface area (Å²) in [5.41, 5.74) is 0. The van der Waals surface area contributed by atoms with Crippen LogP contribution in [0.5, 0.6) is 0 Å².